The molecule has 1 aromatic rings. The summed E-state index contributed by atoms with van der Waals surface area (Å²) in [6.45, 7) is 5.02. The van der Waals surface area contributed by atoms with Gasteiger partial charge in [-0.3, -0.25) is 19.6 Å². The molecule has 2 amide bonds. The van der Waals surface area contributed by atoms with Crippen molar-refractivity contribution in [3.05, 3.63) is 16.4 Å². The van der Waals surface area contributed by atoms with Crippen LogP contribution in [-0.2, 0) is 22.7 Å². The summed E-state index contributed by atoms with van der Waals surface area (Å²) < 4.78 is 1.82. The Morgan fingerprint density at radius 3 is 2.89 bits per heavy atom. The SMILES string of the molecule is CCn1nc(C)c(Cl)c1CNC1CCC(=O)NC1=O. The smallest absolute Gasteiger partial charge is 0.243 e. The van der Waals surface area contributed by atoms with Gasteiger partial charge in [0.05, 0.1) is 22.5 Å². The van der Waals surface area contributed by atoms with Crippen molar-refractivity contribution in [2.45, 2.75) is 45.8 Å². The lowest BCUT2D eigenvalue weighted by atomic mass is 10.1. The molecule has 0 saturated carbocycles. The zero-order valence-electron chi connectivity index (χ0n) is 11.0. The number of piperidine rings is 1. The summed E-state index contributed by atoms with van der Waals surface area (Å²) >= 11 is 6.19. The minimum Gasteiger partial charge on any atom is -0.300 e. The van der Waals surface area contributed by atoms with E-state index in [1.54, 1.807) is 0 Å². The van der Waals surface area contributed by atoms with E-state index in [2.05, 4.69) is 15.7 Å². The van der Waals surface area contributed by atoms with Gasteiger partial charge in [-0.25, -0.2) is 0 Å². The maximum atomic E-state index is 11.6. The van der Waals surface area contributed by atoms with Crippen LogP contribution in [-0.4, -0.2) is 27.6 Å². The van der Waals surface area contributed by atoms with E-state index in [1.807, 2.05) is 18.5 Å². The minimum absolute atomic E-state index is 0.212. The highest BCUT2D eigenvalue weighted by Gasteiger charge is 2.26. The molecule has 19 heavy (non-hydrogen) atoms. The third-order valence-electron chi connectivity index (χ3n) is 3.21. The van der Waals surface area contributed by atoms with E-state index in [1.165, 1.54) is 0 Å². The molecule has 1 fully saturated rings. The van der Waals surface area contributed by atoms with E-state index in [4.69, 9.17) is 11.6 Å². The van der Waals surface area contributed by atoms with Gasteiger partial charge in [0.2, 0.25) is 11.8 Å². The fraction of sp³-hybridized carbons (Fsp3) is 0.583. The molecule has 1 aliphatic heterocycles. The van der Waals surface area contributed by atoms with E-state index in [-0.39, 0.29) is 17.9 Å². The molecule has 2 N–H and O–H groups in total. The Morgan fingerprint density at radius 1 is 1.53 bits per heavy atom. The van der Waals surface area contributed by atoms with Crippen molar-refractivity contribution < 1.29 is 9.59 Å². The number of carbonyl (C=O) groups excluding carboxylic acids is 2. The summed E-state index contributed by atoms with van der Waals surface area (Å²) in [5, 5.41) is 10.4. The highest BCUT2D eigenvalue weighted by atomic mass is 35.5. The summed E-state index contributed by atoms with van der Waals surface area (Å²) in [4.78, 5) is 22.7. The van der Waals surface area contributed by atoms with Crippen molar-refractivity contribution in [3.63, 3.8) is 0 Å². The van der Waals surface area contributed by atoms with Crippen LogP contribution >= 0.6 is 11.6 Å². The van der Waals surface area contributed by atoms with Gasteiger partial charge in [-0.1, -0.05) is 11.6 Å². The van der Waals surface area contributed by atoms with E-state index < -0.39 is 0 Å². The van der Waals surface area contributed by atoms with Crippen molar-refractivity contribution >= 4 is 23.4 Å². The molecule has 1 saturated heterocycles. The number of hydrogen-bond donors (Lipinski definition) is 2. The standard InChI is InChI=1S/C12H17ClN4O2/c1-3-17-9(11(13)7(2)16-17)6-14-8-4-5-10(18)15-12(8)19/h8,14H,3-6H2,1-2H3,(H,15,18,19). The van der Waals surface area contributed by atoms with Crippen LogP contribution in [0.1, 0.15) is 31.2 Å². The molecule has 0 aliphatic carbocycles. The number of nitrogens with zero attached hydrogens (tertiary/aromatic N) is 2. The first kappa shape index (κ1) is 14.0. The Balaban J connectivity index is 2.03. The van der Waals surface area contributed by atoms with E-state index >= 15 is 0 Å². The number of aryl methyl sites for hydroxylation is 2. The lowest BCUT2D eigenvalue weighted by molar-refractivity contribution is -0.134. The van der Waals surface area contributed by atoms with Gasteiger partial charge >= 0.3 is 0 Å². The van der Waals surface area contributed by atoms with E-state index in [0.29, 0.717) is 24.4 Å². The molecule has 2 rings (SSSR count). The molecule has 0 spiro atoms. The predicted octanol–water partition coefficient (Wildman–Crippen LogP) is 0.760. The molecule has 0 radical (unpaired) electrons. The first-order chi connectivity index (χ1) is 9.02. The maximum absolute atomic E-state index is 11.6. The second-order valence-electron chi connectivity index (χ2n) is 4.55. The van der Waals surface area contributed by atoms with Gasteiger partial charge < -0.3 is 5.32 Å². The van der Waals surface area contributed by atoms with Gasteiger partial charge in [-0.15, -0.1) is 0 Å². The lowest BCUT2D eigenvalue weighted by Crippen LogP contribution is -2.50. The van der Waals surface area contributed by atoms with Crippen LogP contribution < -0.4 is 10.6 Å². The third-order valence-corrected chi connectivity index (χ3v) is 3.70. The fourth-order valence-electron chi connectivity index (χ4n) is 2.15. The van der Waals surface area contributed by atoms with Gasteiger partial charge in [0.1, 0.15) is 0 Å². The van der Waals surface area contributed by atoms with Crippen molar-refractivity contribution in [1.29, 1.82) is 0 Å². The van der Waals surface area contributed by atoms with Crippen LogP contribution in [0, 0.1) is 6.92 Å². The zero-order chi connectivity index (χ0) is 14.0. The number of nitrogens with one attached hydrogen (secondary N) is 2. The second kappa shape index (κ2) is 5.71. The van der Waals surface area contributed by atoms with Gasteiger partial charge in [0.25, 0.3) is 0 Å². The van der Waals surface area contributed by atoms with Crippen LogP contribution in [0.4, 0.5) is 0 Å². The summed E-state index contributed by atoms with van der Waals surface area (Å²) in [7, 11) is 0. The lowest BCUT2D eigenvalue weighted by Gasteiger charge is -2.22. The molecule has 1 unspecified atom stereocenters. The molecule has 104 valence electrons. The molecule has 1 aromatic heterocycles. The molecular weight excluding hydrogens is 268 g/mol. The Bertz CT molecular complexity index is 512. The van der Waals surface area contributed by atoms with Crippen LogP contribution in [0.3, 0.4) is 0 Å². The quantitative estimate of drug-likeness (QED) is 0.801. The summed E-state index contributed by atoms with van der Waals surface area (Å²) in [6.07, 6.45) is 0.880. The number of carbonyl (C=O) groups is 2. The molecule has 2 heterocycles. The average Bonchev–Trinajstić information content (AvgIpc) is 2.65. The van der Waals surface area contributed by atoms with Gasteiger partial charge in [0, 0.05) is 19.5 Å². The van der Waals surface area contributed by atoms with Crippen LogP contribution in [0.25, 0.3) is 0 Å². The van der Waals surface area contributed by atoms with Crippen LogP contribution in [0.2, 0.25) is 5.02 Å². The first-order valence-electron chi connectivity index (χ1n) is 6.31. The van der Waals surface area contributed by atoms with Crippen molar-refractivity contribution in [2.75, 3.05) is 0 Å². The number of halogens is 1. The minimum atomic E-state index is -0.353. The van der Waals surface area contributed by atoms with Gasteiger partial charge in [-0.05, 0) is 20.3 Å². The van der Waals surface area contributed by atoms with Crippen LogP contribution in [0.5, 0.6) is 0 Å². The van der Waals surface area contributed by atoms with Gasteiger partial charge in [0.15, 0.2) is 0 Å². The number of amides is 2. The van der Waals surface area contributed by atoms with Crippen molar-refractivity contribution in [2.24, 2.45) is 0 Å². The molecule has 7 heteroatoms. The monoisotopic (exact) mass is 284 g/mol. The van der Waals surface area contributed by atoms with Crippen LogP contribution in [0.15, 0.2) is 0 Å². The van der Waals surface area contributed by atoms with Crippen molar-refractivity contribution in [1.82, 2.24) is 20.4 Å². The highest BCUT2D eigenvalue weighted by Crippen LogP contribution is 2.20. The Kier molecular flexibility index (Phi) is 4.21. The summed E-state index contributed by atoms with van der Waals surface area (Å²) in [6, 6.07) is -0.353. The average molecular weight is 285 g/mol. The Labute approximate surface area is 116 Å². The molecule has 1 aliphatic rings. The van der Waals surface area contributed by atoms with Crippen molar-refractivity contribution in [3.8, 4) is 0 Å². The normalized spacial score (nSPS) is 19.6. The predicted molar refractivity (Wildman–Crippen MR) is 70.7 cm³/mol. The Hall–Kier alpha value is -1.40. The largest absolute Gasteiger partial charge is 0.300 e. The van der Waals surface area contributed by atoms with E-state index in [9.17, 15) is 9.59 Å². The summed E-state index contributed by atoms with van der Waals surface area (Å²) in [5.74, 6) is -0.484. The number of rotatable bonds is 4. The first-order valence-corrected chi connectivity index (χ1v) is 6.69. The third kappa shape index (κ3) is 2.96. The molecule has 0 aromatic carbocycles. The molecule has 0 bridgehead atoms. The topological polar surface area (TPSA) is 76.0 Å². The molecule has 6 nitrogen and oxygen atoms in total. The molecular formula is C12H17ClN4O2. The number of hydrogen-bond acceptors (Lipinski definition) is 4. The zero-order valence-corrected chi connectivity index (χ0v) is 11.8. The maximum Gasteiger partial charge on any atom is 0.243 e. The highest BCUT2D eigenvalue weighted by molar-refractivity contribution is 6.31. The fourth-order valence-corrected chi connectivity index (χ4v) is 2.35. The summed E-state index contributed by atoms with van der Waals surface area (Å²) in [5.41, 5.74) is 1.65. The Morgan fingerprint density at radius 2 is 2.26 bits per heavy atom. The number of aromatic nitrogens is 2. The number of imide groups is 1. The molecule has 1 atom stereocenters. The van der Waals surface area contributed by atoms with E-state index in [0.717, 1.165) is 17.9 Å². The second-order valence-corrected chi connectivity index (χ2v) is 4.92. The van der Waals surface area contributed by atoms with Gasteiger partial charge in [-0.2, -0.15) is 5.10 Å².